The second-order valence-corrected chi connectivity index (χ2v) is 7.47. The van der Waals surface area contributed by atoms with Crippen LogP contribution in [-0.4, -0.2) is 36.2 Å². The molecule has 1 fully saturated rings. The minimum Gasteiger partial charge on any atom is -0.322 e. The van der Waals surface area contributed by atoms with Crippen LogP contribution in [0.25, 0.3) is 0 Å². The molecular formula is C16H15F2N3O3S. The van der Waals surface area contributed by atoms with Crippen molar-refractivity contribution in [3.8, 4) is 0 Å². The number of amides is 1. The maximum atomic E-state index is 13.7. The van der Waals surface area contributed by atoms with Crippen molar-refractivity contribution < 1.29 is 22.0 Å². The Balaban J connectivity index is 1.83. The Kier molecular flexibility index (Phi) is 4.78. The number of anilines is 1. The van der Waals surface area contributed by atoms with E-state index in [0.717, 1.165) is 16.4 Å². The lowest BCUT2D eigenvalue weighted by atomic mass is 10.2. The molecule has 0 aliphatic carbocycles. The predicted octanol–water partition coefficient (Wildman–Crippen LogP) is 2.15. The van der Waals surface area contributed by atoms with Crippen molar-refractivity contribution in [3.05, 3.63) is 54.4 Å². The van der Waals surface area contributed by atoms with E-state index < -0.39 is 33.6 Å². The number of hydrogen-bond donors (Lipinski definition) is 1. The minimum atomic E-state index is -3.89. The van der Waals surface area contributed by atoms with E-state index in [2.05, 4.69) is 10.3 Å². The van der Waals surface area contributed by atoms with E-state index in [1.165, 1.54) is 24.5 Å². The molecule has 1 atom stereocenters. The van der Waals surface area contributed by atoms with Crippen molar-refractivity contribution >= 4 is 21.6 Å². The van der Waals surface area contributed by atoms with Crippen molar-refractivity contribution in [2.45, 2.75) is 23.8 Å². The van der Waals surface area contributed by atoms with Crippen LogP contribution in [-0.2, 0) is 14.8 Å². The van der Waals surface area contributed by atoms with Crippen LogP contribution in [0.3, 0.4) is 0 Å². The maximum Gasteiger partial charge on any atom is 0.245 e. The average molecular weight is 367 g/mol. The molecule has 6 nitrogen and oxygen atoms in total. The summed E-state index contributed by atoms with van der Waals surface area (Å²) in [5, 5.41) is 2.33. The molecule has 132 valence electrons. The number of halogens is 2. The number of sulfonamides is 1. The van der Waals surface area contributed by atoms with Crippen LogP contribution in [0.15, 0.2) is 47.6 Å². The fourth-order valence-corrected chi connectivity index (χ4v) is 4.35. The lowest BCUT2D eigenvalue weighted by Gasteiger charge is -2.23. The van der Waals surface area contributed by atoms with Crippen molar-refractivity contribution in [3.63, 3.8) is 0 Å². The highest BCUT2D eigenvalue weighted by molar-refractivity contribution is 7.89. The summed E-state index contributed by atoms with van der Waals surface area (Å²) in [7, 11) is -3.89. The van der Waals surface area contributed by atoms with Gasteiger partial charge in [0.15, 0.2) is 0 Å². The monoisotopic (exact) mass is 367 g/mol. The summed E-state index contributed by atoms with van der Waals surface area (Å²) < 4.78 is 53.1. The first-order valence-corrected chi connectivity index (χ1v) is 9.01. The van der Waals surface area contributed by atoms with Gasteiger partial charge in [0.2, 0.25) is 15.9 Å². The molecule has 2 heterocycles. The highest BCUT2D eigenvalue weighted by Gasteiger charge is 2.39. The molecule has 0 radical (unpaired) electrons. The molecule has 9 heteroatoms. The fourth-order valence-electron chi connectivity index (χ4n) is 2.73. The lowest BCUT2D eigenvalue weighted by molar-refractivity contribution is -0.119. The zero-order valence-corrected chi connectivity index (χ0v) is 13.8. The first-order chi connectivity index (χ1) is 11.9. The number of pyridine rings is 1. The summed E-state index contributed by atoms with van der Waals surface area (Å²) in [5.41, 5.74) is -0.197. The van der Waals surface area contributed by atoms with Crippen molar-refractivity contribution in [2.24, 2.45) is 0 Å². The Hall–Kier alpha value is -2.39. The lowest BCUT2D eigenvalue weighted by Crippen LogP contribution is -2.43. The fraction of sp³-hybridized carbons (Fsp3) is 0.250. The second kappa shape index (κ2) is 6.85. The smallest absolute Gasteiger partial charge is 0.245 e. The first kappa shape index (κ1) is 17.4. The standard InChI is InChI=1S/C16H15F2N3O3S/c17-11-5-6-14(13(18)9-11)20-16(22)15-4-2-8-21(15)25(23,24)12-3-1-7-19-10-12/h1,3,5-7,9-10,15H,2,4,8H2,(H,20,22). The van der Waals surface area contributed by atoms with Gasteiger partial charge in [-0.2, -0.15) is 4.31 Å². The highest BCUT2D eigenvalue weighted by atomic mass is 32.2. The van der Waals surface area contributed by atoms with Crippen LogP contribution < -0.4 is 5.32 Å². The summed E-state index contributed by atoms with van der Waals surface area (Å²) in [4.78, 5) is 16.2. The number of nitrogens with one attached hydrogen (secondary N) is 1. The Morgan fingerprint density at radius 2 is 2.08 bits per heavy atom. The summed E-state index contributed by atoms with van der Waals surface area (Å²) >= 11 is 0. The largest absolute Gasteiger partial charge is 0.322 e. The Bertz CT molecular complexity index is 891. The number of benzene rings is 1. The first-order valence-electron chi connectivity index (χ1n) is 7.57. The van der Waals surface area contributed by atoms with Crippen LogP contribution in [0.2, 0.25) is 0 Å². The molecule has 0 saturated carbocycles. The molecule has 1 saturated heterocycles. The third-order valence-corrected chi connectivity index (χ3v) is 5.83. The third-order valence-electron chi connectivity index (χ3n) is 3.94. The molecule has 3 rings (SSSR count). The molecular weight excluding hydrogens is 352 g/mol. The number of aromatic nitrogens is 1. The zero-order valence-electron chi connectivity index (χ0n) is 13.0. The average Bonchev–Trinajstić information content (AvgIpc) is 3.09. The Morgan fingerprint density at radius 3 is 2.76 bits per heavy atom. The van der Waals surface area contributed by atoms with Gasteiger partial charge in [0, 0.05) is 25.0 Å². The number of carbonyl (C=O) groups excluding carboxylic acids is 1. The molecule has 1 unspecified atom stereocenters. The van der Waals surface area contributed by atoms with E-state index in [4.69, 9.17) is 0 Å². The topological polar surface area (TPSA) is 79.4 Å². The number of rotatable bonds is 4. The van der Waals surface area contributed by atoms with Crippen LogP contribution in [0.4, 0.5) is 14.5 Å². The highest BCUT2D eigenvalue weighted by Crippen LogP contribution is 2.27. The Morgan fingerprint density at radius 1 is 1.28 bits per heavy atom. The molecule has 1 aliphatic heterocycles. The van der Waals surface area contributed by atoms with E-state index >= 15 is 0 Å². The Labute approximate surface area is 143 Å². The molecule has 0 bridgehead atoms. The van der Waals surface area contributed by atoms with Gasteiger partial charge < -0.3 is 5.32 Å². The minimum absolute atomic E-state index is 0.0114. The van der Waals surface area contributed by atoms with Gasteiger partial charge in [-0.05, 0) is 37.1 Å². The number of hydrogen-bond acceptors (Lipinski definition) is 4. The molecule has 2 aromatic rings. The van der Waals surface area contributed by atoms with Crippen LogP contribution in [0, 0.1) is 11.6 Å². The zero-order chi connectivity index (χ0) is 18.0. The molecule has 0 spiro atoms. The molecule has 1 aliphatic rings. The molecule has 1 aromatic heterocycles. The molecule has 1 N–H and O–H groups in total. The summed E-state index contributed by atoms with van der Waals surface area (Å²) in [6, 6.07) is 4.68. The quantitative estimate of drug-likeness (QED) is 0.898. The third kappa shape index (κ3) is 3.52. The summed E-state index contributed by atoms with van der Waals surface area (Å²) in [6.07, 6.45) is 3.48. The van der Waals surface area contributed by atoms with Crippen molar-refractivity contribution in [1.29, 1.82) is 0 Å². The number of carbonyl (C=O) groups is 1. The van der Waals surface area contributed by atoms with E-state index in [0.29, 0.717) is 18.9 Å². The van der Waals surface area contributed by atoms with Gasteiger partial charge >= 0.3 is 0 Å². The van der Waals surface area contributed by atoms with E-state index in [1.54, 1.807) is 0 Å². The van der Waals surface area contributed by atoms with Crippen molar-refractivity contribution in [2.75, 3.05) is 11.9 Å². The van der Waals surface area contributed by atoms with E-state index in [-0.39, 0.29) is 17.1 Å². The SMILES string of the molecule is O=C(Nc1ccc(F)cc1F)C1CCCN1S(=O)(=O)c1cccnc1. The van der Waals surface area contributed by atoms with Gasteiger partial charge in [-0.3, -0.25) is 9.78 Å². The van der Waals surface area contributed by atoms with Crippen LogP contribution >= 0.6 is 0 Å². The van der Waals surface area contributed by atoms with Gasteiger partial charge in [0.25, 0.3) is 0 Å². The van der Waals surface area contributed by atoms with Crippen molar-refractivity contribution in [1.82, 2.24) is 9.29 Å². The summed E-state index contributed by atoms with van der Waals surface area (Å²) in [5.74, 6) is -2.35. The van der Waals surface area contributed by atoms with Gasteiger partial charge in [0.05, 0.1) is 5.69 Å². The van der Waals surface area contributed by atoms with E-state index in [1.807, 2.05) is 0 Å². The maximum absolute atomic E-state index is 13.7. The molecule has 25 heavy (non-hydrogen) atoms. The second-order valence-electron chi connectivity index (χ2n) is 5.58. The van der Waals surface area contributed by atoms with Gasteiger partial charge in [0.1, 0.15) is 22.6 Å². The van der Waals surface area contributed by atoms with Gasteiger partial charge in [-0.1, -0.05) is 0 Å². The molecule has 1 amide bonds. The normalized spacial score (nSPS) is 18.2. The van der Waals surface area contributed by atoms with E-state index in [9.17, 15) is 22.0 Å². The predicted molar refractivity (Wildman–Crippen MR) is 86.1 cm³/mol. The molecule has 1 aromatic carbocycles. The van der Waals surface area contributed by atoms with Gasteiger partial charge in [-0.25, -0.2) is 17.2 Å². The number of nitrogens with zero attached hydrogens (tertiary/aromatic N) is 2. The summed E-state index contributed by atoms with van der Waals surface area (Å²) in [6.45, 7) is 0.182. The van der Waals surface area contributed by atoms with Crippen LogP contribution in [0.1, 0.15) is 12.8 Å². The van der Waals surface area contributed by atoms with Gasteiger partial charge in [-0.15, -0.1) is 0 Å². The van der Waals surface area contributed by atoms with Crippen LogP contribution in [0.5, 0.6) is 0 Å².